The number of ether oxygens (including phenoxy) is 2. The normalized spacial score (nSPS) is 19.4. The van der Waals surface area contributed by atoms with Crippen LogP contribution in [0.1, 0.15) is 43.2 Å². The van der Waals surface area contributed by atoms with Gasteiger partial charge < -0.3 is 9.47 Å². The van der Waals surface area contributed by atoms with E-state index in [9.17, 15) is 4.79 Å². The monoisotopic (exact) mass is 252 g/mol. The minimum atomic E-state index is 0.0913. The van der Waals surface area contributed by atoms with E-state index in [2.05, 4.69) is 5.10 Å². The average Bonchev–Trinajstić information content (AvgIpc) is 2.95. The van der Waals surface area contributed by atoms with Crippen molar-refractivity contribution in [3.8, 4) is 5.75 Å². The maximum Gasteiger partial charge on any atom is 0.185 e. The van der Waals surface area contributed by atoms with Gasteiger partial charge in [0.05, 0.1) is 13.3 Å². The predicted molar refractivity (Wildman–Crippen MR) is 67.0 cm³/mol. The number of carbonyl (C=O) groups is 1. The number of rotatable bonds is 5. The molecule has 0 spiro atoms. The Kier molecular flexibility index (Phi) is 4.01. The number of nitrogens with zero attached hydrogens (tertiary/aromatic N) is 2. The van der Waals surface area contributed by atoms with Gasteiger partial charge in [0.15, 0.2) is 11.5 Å². The lowest BCUT2D eigenvalue weighted by Crippen LogP contribution is -2.16. The van der Waals surface area contributed by atoms with Gasteiger partial charge in [0, 0.05) is 25.7 Å². The van der Waals surface area contributed by atoms with Crippen LogP contribution in [-0.2, 0) is 4.74 Å². The summed E-state index contributed by atoms with van der Waals surface area (Å²) in [5.74, 6) is 0.985. The molecule has 2 heterocycles. The fourth-order valence-corrected chi connectivity index (χ4v) is 2.26. The molecule has 2 rings (SSSR count). The van der Waals surface area contributed by atoms with Gasteiger partial charge >= 0.3 is 0 Å². The number of Topliss-reactive ketones (excluding diaryl/α,β-unsaturated/α-hetero) is 1. The van der Waals surface area contributed by atoms with Gasteiger partial charge in [-0.3, -0.25) is 9.48 Å². The summed E-state index contributed by atoms with van der Waals surface area (Å²) >= 11 is 0. The highest BCUT2D eigenvalue weighted by atomic mass is 16.5. The standard InChI is InChI=1S/C13H20N2O3/c1-9(2)15-13(12(17-3)7-14-15)11(16)6-10-4-5-18-8-10/h7,9-10H,4-6,8H2,1-3H3. The highest BCUT2D eigenvalue weighted by Gasteiger charge is 2.25. The van der Waals surface area contributed by atoms with Crippen LogP contribution >= 0.6 is 0 Å². The zero-order valence-corrected chi connectivity index (χ0v) is 11.2. The molecular formula is C13H20N2O3. The molecule has 5 heteroatoms. The molecule has 1 aromatic heterocycles. The molecule has 0 aliphatic carbocycles. The quantitative estimate of drug-likeness (QED) is 0.753. The van der Waals surface area contributed by atoms with E-state index in [0.29, 0.717) is 30.4 Å². The first-order valence-electron chi connectivity index (χ1n) is 6.36. The molecule has 100 valence electrons. The second-order valence-electron chi connectivity index (χ2n) is 4.96. The van der Waals surface area contributed by atoms with E-state index >= 15 is 0 Å². The summed E-state index contributed by atoms with van der Waals surface area (Å²) in [5.41, 5.74) is 0.583. The summed E-state index contributed by atoms with van der Waals surface area (Å²) in [5, 5.41) is 4.22. The van der Waals surface area contributed by atoms with Crippen LogP contribution in [0.5, 0.6) is 5.75 Å². The Morgan fingerprint density at radius 3 is 3.00 bits per heavy atom. The third kappa shape index (κ3) is 2.56. The Morgan fingerprint density at radius 1 is 1.67 bits per heavy atom. The molecule has 0 bridgehead atoms. The van der Waals surface area contributed by atoms with Gasteiger partial charge in [-0.15, -0.1) is 0 Å². The third-order valence-electron chi connectivity index (χ3n) is 3.23. The molecule has 5 nitrogen and oxygen atoms in total. The van der Waals surface area contributed by atoms with Crippen LogP contribution in [0.4, 0.5) is 0 Å². The van der Waals surface area contributed by atoms with E-state index in [4.69, 9.17) is 9.47 Å². The first kappa shape index (κ1) is 13.1. The van der Waals surface area contributed by atoms with Crippen LogP contribution in [0.25, 0.3) is 0 Å². The molecule has 1 unspecified atom stereocenters. The van der Waals surface area contributed by atoms with E-state index in [-0.39, 0.29) is 11.8 Å². The number of aromatic nitrogens is 2. The molecule has 0 saturated carbocycles. The molecule has 18 heavy (non-hydrogen) atoms. The van der Waals surface area contributed by atoms with Crippen molar-refractivity contribution < 1.29 is 14.3 Å². The number of ketones is 1. The smallest absolute Gasteiger partial charge is 0.185 e. The van der Waals surface area contributed by atoms with Crippen molar-refractivity contribution in [2.75, 3.05) is 20.3 Å². The third-order valence-corrected chi connectivity index (χ3v) is 3.23. The zero-order valence-electron chi connectivity index (χ0n) is 11.2. The number of hydrogen-bond acceptors (Lipinski definition) is 4. The molecule has 0 aromatic carbocycles. The molecule has 0 N–H and O–H groups in total. The first-order valence-corrected chi connectivity index (χ1v) is 6.36. The SMILES string of the molecule is COc1cnn(C(C)C)c1C(=O)CC1CCOC1. The van der Waals surface area contributed by atoms with Crippen molar-refractivity contribution in [1.82, 2.24) is 9.78 Å². The molecule has 0 radical (unpaired) electrons. The van der Waals surface area contributed by atoms with Crippen molar-refractivity contribution in [2.24, 2.45) is 5.92 Å². The van der Waals surface area contributed by atoms with Crippen molar-refractivity contribution in [2.45, 2.75) is 32.7 Å². The summed E-state index contributed by atoms with van der Waals surface area (Å²) in [6, 6.07) is 0.146. The Labute approximate surface area is 107 Å². The van der Waals surface area contributed by atoms with E-state index in [1.165, 1.54) is 0 Å². The van der Waals surface area contributed by atoms with Crippen LogP contribution in [-0.4, -0.2) is 35.9 Å². The van der Waals surface area contributed by atoms with Gasteiger partial charge in [0.25, 0.3) is 0 Å². The Bertz CT molecular complexity index is 420. The molecule has 1 saturated heterocycles. The number of hydrogen-bond donors (Lipinski definition) is 0. The van der Waals surface area contributed by atoms with E-state index < -0.39 is 0 Å². The highest BCUT2D eigenvalue weighted by Crippen LogP contribution is 2.26. The molecule has 1 aromatic rings. The second-order valence-corrected chi connectivity index (χ2v) is 4.96. The summed E-state index contributed by atoms with van der Waals surface area (Å²) in [6.45, 7) is 5.45. The lowest BCUT2D eigenvalue weighted by Gasteiger charge is -2.12. The average molecular weight is 252 g/mol. The van der Waals surface area contributed by atoms with Crippen LogP contribution in [0.15, 0.2) is 6.20 Å². The Hall–Kier alpha value is -1.36. The van der Waals surface area contributed by atoms with Crippen LogP contribution in [0.3, 0.4) is 0 Å². The maximum atomic E-state index is 12.4. The zero-order chi connectivity index (χ0) is 13.1. The summed E-state index contributed by atoms with van der Waals surface area (Å²) in [6.07, 6.45) is 3.08. The predicted octanol–water partition coefficient (Wildman–Crippen LogP) is 2.08. The van der Waals surface area contributed by atoms with Crippen molar-refractivity contribution in [3.05, 3.63) is 11.9 Å². The van der Waals surface area contributed by atoms with Gasteiger partial charge in [-0.05, 0) is 26.2 Å². The summed E-state index contributed by atoms with van der Waals surface area (Å²) in [4.78, 5) is 12.4. The van der Waals surface area contributed by atoms with E-state index in [0.717, 1.165) is 13.0 Å². The molecule has 0 amide bonds. The topological polar surface area (TPSA) is 53.4 Å². The minimum Gasteiger partial charge on any atom is -0.493 e. The van der Waals surface area contributed by atoms with Gasteiger partial charge in [-0.1, -0.05) is 0 Å². The molecule has 1 aliphatic heterocycles. The Morgan fingerprint density at radius 2 is 2.44 bits per heavy atom. The van der Waals surface area contributed by atoms with E-state index in [1.807, 2.05) is 13.8 Å². The summed E-state index contributed by atoms with van der Waals surface area (Å²) in [7, 11) is 1.57. The number of carbonyl (C=O) groups excluding carboxylic acids is 1. The van der Waals surface area contributed by atoms with E-state index in [1.54, 1.807) is 18.0 Å². The molecular weight excluding hydrogens is 232 g/mol. The van der Waals surface area contributed by atoms with Crippen molar-refractivity contribution in [3.63, 3.8) is 0 Å². The first-order chi connectivity index (χ1) is 8.63. The fourth-order valence-electron chi connectivity index (χ4n) is 2.26. The number of methoxy groups -OCH3 is 1. The fraction of sp³-hybridized carbons (Fsp3) is 0.692. The van der Waals surface area contributed by atoms with Crippen LogP contribution in [0, 0.1) is 5.92 Å². The second kappa shape index (κ2) is 5.52. The molecule has 1 aliphatic rings. The Balaban J connectivity index is 2.19. The van der Waals surface area contributed by atoms with Gasteiger partial charge in [0.1, 0.15) is 5.69 Å². The van der Waals surface area contributed by atoms with Gasteiger partial charge in [-0.25, -0.2) is 0 Å². The lowest BCUT2D eigenvalue weighted by molar-refractivity contribution is 0.0937. The summed E-state index contributed by atoms with van der Waals surface area (Å²) < 4.78 is 12.3. The largest absolute Gasteiger partial charge is 0.493 e. The minimum absolute atomic E-state index is 0.0913. The van der Waals surface area contributed by atoms with Crippen molar-refractivity contribution in [1.29, 1.82) is 0 Å². The lowest BCUT2D eigenvalue weighted by atomic mass is 10.00. The highest BCUT2D eigenvalue weighted by molar-refractivity contribution is 5.97. The molecule has 1 fully saturated rings. The van der Waals surface area contributed by atoms with Crippen LogP contribution < -0.4 is 4.74 Å². The van der Waals surface area contributed by atoms with Gasteiger partial charge in [-0.2, -0.15) is 5.10 Å². The van der Waals surface area contributed by atoms with Gasteiger partial charge in [0.2, 0.25) is 0 Å². The van der Waals surface area contributed by atoms with Crippen molar-refractivity contribution >= 4 is 5.78 Å². The maximum absolute atomic E-state index is 12.4. The molecule has 1 atom stereocenters. The van der Waals surface area contributed by atoms with Crippen LogP contribution in [0.2, 0.25) is 0 Å².